The zero-order valence-electron chi connectivity index (χ0n) is 19.5. The molecule has 0 spiro atoms. The fraction of sp³-hybridized carbons (Fsp3) is 0.360. The van der Waals surface area contributed by atoms with E-state index in [0.717, 1.165) is 33.4 Å². The summed E-state index contributed by atoms with van der Waals surface area (Å²) in [5.74, 6) is 1.50. The summed E-state index contributed by atoms with van der Waals surface area (Å²) in [6.45, 7) is 1.50. The molecule has 2 aromatic rings. The normalized spacial score (nSPS) is 19.6. The van der Waals surface area contributed by atoms with Gasteiger partial charge in [-0.05, 0) is 47.3 Å². The maximum absolute atomic E-state index is 12.0. The van der Waals surface area contributed by atoms with Gasteiger partial charge in [0.15, 0.2) is 11.5 Å². The Balaban J connectivity index is 1.98. The summed E-state index contributed by atoms with van der Waals surface area (Å²) in [4.78, 5) is 12.0. The van der Waals surface area contributed by atoms with Crippen LogP contribution in [-0.2, 0) is 18.3 Å². The van der Waals surface area contributed by atoms with Crippen LogP contribution in [-0.4, -0.2) is 54.3 Å². The first-order valence-corrected chi connectivity index (χ1v) is 10.8. The lowest BCUT2D eigenvalue weighted by Gasteiger charge is -2.23. The monoisotopic (exact) mass is 451 g/mol. The standard InChI is InChI=1S/C25H29N3O5/c1-14(29)27-20-9-6-15-10-22(31-3)24(32-4)25(33-5)23(15)18-8-7-17(21(30)11-19(18)20)16-12-26-28(2)13-16/h7-8,10-13,20-21,30H,6,9H2,1-5H3,(H,27,29)/t20-,21-/m0/s1. The summed E-state index contributed by atoms with van der Waals surface area (Å²) in [7, 11) is 6.60. The largest absolute Gasteiger partial charge is 0.493 e. The Morgan fingerprint density at radius 2 is 1.91 bits per heavy atom. The third-order valence-electron chi connectivity index (χ3n) is 6.07. The van der Waals surface area contributed by atoms with Gasteiger partial charge < -0.3 is 24.6 Å². The molecule has 0 radical (unpaired) electrons. The number of aliphatic hydroxyl groups is 1. The van der Waals surface area contributed by atoms with E-state index in [4.69, 9.17) is 14.2 Å². The van der Waals surface area contributed by atoms with Crippen molar-refractivity contribution < 1.29 is 24.1 Å². The molecule has 2 N–H and O–H groups in total. The topological polar surface area (TPSA) is 94.8 Å². The number of nitrogens with one attached hydrogen (secondary N) is 1. The van der Waals surface area contributed by atoms with Crippen molar-refractivity contribution in [3.8, 4) is 17.2 Å². The number of benzene rings is 1. The molecule has 1 amide bonds. The summed E-state index contributed by atoms with van der Waals surface area (Å²) >= 11 is 0. The first-order chi connectivity index (χ1) is 15.9. The quantitative estimate of drug-likeness (QED) is 0.726. The smallest absolute Gasteiger partial charge is 0.217 e. The highest BCUT2D eigenvalue weighted by Gasteiger charge is 2.33. The molecule has 2 aliphatic carbocycles. The summed E-state index contributed by atoms with van der Waals surface area (Å²) in [5.41, 5.74) is 5.12. The van der Waals surface area contributed by atoms with Crippen molar-refractivity contribution in [1.29, 1.82) is 0 Å². The van der Waals surface area contributed by atoms with Gasteiger partial charge in [-0.2, -0.15) is 5.10 Å². The minimum Gasteiger partial charge on any atom is -0.493 e. The highest BCUT2D eigenvalue weighted by atomic mass is 16.5. The van der Waals surface area contributed by atoms with Gasteiger partial charge in [0.2, 0.25) is 11.7 Å². The molecule has 4 rings (SSSR count). The van der Waals surface area contributed by atoms with Crippen LogP contribution in [0.15, 0.2) is 42.3 Å². The number of amides is 1. The van der Waals surface area contributed by atoms with E-state index < -0.39 is 6.10 Å². The third-order valence-corrected chi connectivity index (χ3v) is 6.07. The molecule has 0 saturated heterocycles. The molecule has 8 nitrogen and oxygen atoms in total. The molecule has 33 heavy (non-hydrogen) atoms. The van der Waals surface area contributed by atoms with Crippen molar-refractivity contribution >= 4 is 17.1 Å². The average molecular weight is 452 g/mol. The van der Waals surface area contributed by atoms with Gasteiger partial charge in [-0.3, -0.25) is 9.48 Å². The van der Waals surface area contributed by atoms with Gasteiger partial charge in [-0.1, -0.05) is 12.2 Å². The molecule has 0 saturated carbocycles. The first-order valence-electron chi connectivity index (χ1n) is 10.8. The Bertz CT molecular complexity index is 1170. The van der Waals surface area contributed by atoms with Crippen LogP contribution in [0.4, 0.5) is 0 Å². The molecule has 174 valence electrons. The van der Waals surface area contributed by atoms with Crippen molar-refractivity contribution in [2.75, 3.05) is 21.3 Å². The second kappa shape index (κ2) is 9.15. The number of methoxy groups -OCH3 is 3. The van der Waals surface area contributed by atoms with Crippen molar-refractivity contribution in [1.82, 2.24) is 15.1 Å². The molecule has 1 aromatic heterocycles. The van der Waals surface area contributed by atoms with Crippen LogP contribution in [0.2, 0.25) is 0 Å². The first kappa shape index (κ1) is 22.7. The lowest BCUT2D eigenvalue weighted by molar-refractivity contribution is -0.119. The molecular formula is C25H29N3O5. The van der Waals surface area contributed by atoms with Gasteiger partial charge >= 0.3 is 0 Å². The Hall–Kier alpha value is -3.52. The van der Waals surface area contributed by atoms with E-state index >= 15 is 0 Å². The van der Waals surface area contributed by atoms with E-state index in [-0.39, 0.29) is 11.9 Å². The highest BCUT2D eigenvalue weighted by Crippen LogP contribution is 2.49. The highest BCUT2D eigenvalue weighted by molar-refractivity contribution is 5.92. The number of aromatic nitrogens is 2. The minimum absolute atomic E-state index is 0.132. The minimum atomic E-state index is -0.873. The number of nitrogens with zero attached hydrogens (tertiary/aromatic N) is 2. The predicted octanol–water partition coefficient (Wildman–Crippen LogP) is 2.66. The van der Waals surface area contributed by atoms with Crippen LogP contribution < -0.4 is 19.5 Å². The lowest BCUT2D eigenvalue weighted by Crippen LogP contribution is -2.35. The summed E-state index contributed by atoms with van der Waals surface area (Å²) in [5, 5.41) is 18.4. The van der Waals surface area contributed by atoms with Crippen molar-refractivity contribution in [3.63, 3.8) is 0 Å². The molecule has 0 aliphatic heterocycles. The van der Waals surface area contributed by atoms with Crippen LogP contribution in [0.3, 0.4) is 0 Å². The van der Waals surface area contributed by atoms with Gasteiger partial charge in [-0.15, -0.1) is 0 Å². The van der Waals surface area contributed by atoms with Crippen molar-refractivity contribution in [3.05, 3.63) is 59.0 Å². The molecular weight excluding hydrogens is 422 g/mol. The van der Waals surface area contributed by atoms with Gasteiger partial charge in [-0.25, -0.2) is 0 Å². The van der Waals surface area contributed by atoms with Crippen LogP contribution in [0.25, 0.3) is 11.1 Å². The number of fused-ring (bicyclic) bond motifs is 3. The number of hydrogen-bond acceptors (Lipinski definition) is 6. The molecule has 0 fully saturated rings. The maximum Gasteiger partial charge on any atom is 0.217 e. The summed E-state index contributed by atoms with van der Waals surface area (Å²) < 4.78 is 18.7. The Morgan fingerprint density at radius 3 is 2.52 bits per heavy atom. The van der Waals surface area contributed by atoms with E-state index in [1.54, 1.807) is 32.2 Å². The zero-order chi connectivity index (χ0) is 23.7. The van der Waals surface area contributed by atoms with Crippen LogP contribution in [0.5, 0.6) is 17.2 Å². The van der Waals surface area contributed by atoms with Gasteiger partial charge in [0, 0.05) is 31.3 Å². The van der Waals surface area contributed by atoms with Gasteiger partial charge in [0.1, 0.15) is 0 Å². The fourth-order valence-corrected chi connectivity index (χ4v) is 4.64. The van der Waals surface area contributed by atoms with Crippen molar-refractivity contribution in [2.24, 2.45) is 7.05 Å². The average Bonchev–Trinajstić information content (AvgIpc) is 3.07. The third kappa shape index (κ3) is 4.14. The van der Waals surface area contributed by atoms with Crippen LogP contribution >= 0.6 is 0 Å². The number of carbonyl (C=O) groups excluding carboxylic acids is 1. The number of rotatable bonds is 5. The molecule has 0 bridgehead atoms. The molecule has 8 heteroatoms. The van der Waals surface area contributed by atoms with Gasteiger partial charge in [0.05, 0.1) is 39.7 Å². The fourth-order valence-electron chi connectivity index (χ4n) is 4.64. The van der Waals surface area contributed by atoms with Crippen LogP contribution in [0.1, 0.15) is 30.0 Å². The Morgan fingerprint density at radius 1 is 1.15 bits per heavy atom. The summed E-state index contributed by atoms with van der Waals surface area (Å²) in [6, 6.07) is 1.68. The van der Waals surface area contributed by atoms with E-state index in [1.165, 1.54) is 6.92 Å². The molecule has 2 atom stereocenters. The second-order valence-corrected chi connectivity index (χ2v) is 8.14. The molecule has 2 aliphatic rings. The molecule has 0 unspecified atom stereocenters. The van der Waals surface area contributed by atoms with E-state index in [0.29, 0.717) is 30.1 Å². The number of allylic oxidation sites excluding steroid dienone is 2. The Labute approximate surface area is 193 Å². The number of carbonyl (C=O) groups is 1. The molecule has 1 aromatic carbocycles. The van der Waals surface area contributed by atoms with Gasteiger partial charge in [0.25, 0.3) is 0 Å². The SMILES string of the molecule is COc1cc2c(c(OC)c1OC)C1=CC=C(c3cnn(C)c3)[C@@H](O)C=C1[C@@H](NC(C)=O)CC2. The molecule has 1 heterocycles. The lowest BCUT2D eigenvalue weighted by atomic mass is 9.91. The zero-order valence-corrected chi connectivity index (χ0v) is 19.5. The Kier molecular flexibility index (Phi) is 6.29. The maximum atomic E-state index is 12.0. The number of aliphatic hydroxyl groups excluding tert-OH is 1. The van der Waals surface area contributed by atoms with Crippen LogP contribution in [0, 0.1) is 0 Å². The van der Waals surface area contributed by atoms with E-state index in [1.807, 2.05) is 37.5 Å². The predicted molar refractivity (Wildman–Crippen MR) is 125 cm³/mol. The van der Waals surface area contributed by atoms with Crippen molar-refractivity contribution in [2.45, 2.75) is 31.9 Å². The summed E-state index contributed by atoms with van der Waals surface area (Å²) in [6.07, 6.45) is 9.73. The second-order valence-electron chi connectivity index (χ2n) is 8.14. The number of hydrogen-bond donors (Lipinski definition) is 2. The number of aryl methyl sites for hydroxylation is 2. The number of ether oxygens (including phenoxy) is 3. The van der Waals surface area contributed by atoms with E-state index in [9.17, 15) is 9.90 Å². The van der Waals surface area contributed by atoms with E-state index in [2.05, 4.69) is 10.4 Å².